The predicted octanol–water partition coefficient (Wildman–Crippen LogP) is 1.55. The van der Waals surface area contributed by atoms with Gasteiger partial charge in [-0.25, -0.2) is 4.79 Å². The van der Waals surface area contributed by atoms with E-state index in [1.807, 2.05) is 27.7 Å². The fourth-order valence-corrected chi connectivity index (χ4v) is 2.69. The van der Waals surface area contributed by atoms with Gasteiger partial charge in [-0.15, -0.1) is 0 Å². The summed E-state index contributed by atoms with van der Waals surface area (Å²) in [7, 11) is -0.653. The molecule has 0 aromatic heterocycles. The Morgan fingerprint density at radius 2 is 1.65 bits per heavy atom. The van der Waals surface area contributed by atoms with Crippen molar-refractivity contribution in [2.24, 2.45) is 0 Å². The van der Waals surface area contributed by atoms with E-state index >= 15 is 0 Å². The van der Waals surface area contributed by atoms with Crippen LogP contribution in [-0.4, -0.2) is 41.1 Å². The van der Waals surface area contributed by atoms with E-state index in [2.05, 4.69) is 0 Å². The molecule has 0 atom stereocenters. The molecule has 1 aliphatic rings. The zero-order chi connectivity index (χ0) is 19.5. The van der Waals surface area contributed by atoms with E-state index in [0.29, 0.717) is 28.8 Å². The molecule has 2 N–H and O–H groups in total. The lowest BCUT2D eigenvalue weighted by atomic mass is 9.74. The quantitative estimate of drug-likeness (QED) is 0.454. The van der Waals surface area contributed by atoms with Gasteiger partial charge in [0.1, 0.15) is 0 Å². The molecule has 0 saturated carbocycles. The van der Waals surface area contributed by atoms with E-state index in [4.69, 9.17) is 14.0 Å². The first kappa shape index (κ1) is 20.6. The smallest absolute Gasteiger partial charge is 0.463 e. The molecule has 142 valence electrons. The summed E-state index contributed by atoms with van der Waals surface area (Å²) >= 11 is 0. The summed E-state index contributed by atoms with van der Waals surface area (Å²) in [5, 5.41) is 19.2. The highest BCUT2D eigenvalue weighted by Gasteiger charge is 2.52. The molecule has 7 heteroatoms. The molecule has 1 aromatic rings. The van der Waals surface area contributed by atoms with Gasteiger partial charge in [0.05, 0.1) is 31.0 Å². The molecule has 1 aliphatic heterocycles. The Bertz CT molecular complexity index is 680. The number of aliphatic hydroxyl groups is 2. The molecule has 26 heavy (non-hydrogen) atoms. The Labute approximate surface area is 154 Å². The van der Waals surface area contributed by atoms with Crippen LogP contribution in [0.3, 0.4) is 0 Å². The van der Waals surface area contributed by atoms with Crippen molar-refractivity contribution in [2.75, 3.05) is 6.61 Å². The summed E-state index contributed by atoms with van der Waals surface area (Å²) in [4.78, 5) is 11.7. The molecule has 0 bridgehead atoms. The third kappa shape index (κ3) is 4.18. The van der Waals surface area contributed by atoms with Crippen LogP contribution >= 0.6 is 0 Å². The Hall–Kier alpha value is -1.67. The van der Waals surface area contributed by atoms with E-state index in [0.717, 1.165) is 0 Å². The van der Waals surface area contributed by atoms with Crippen LogP contribution < -0.4 is 5.46 Å². The average molecular weight is 362 g/mol. The van der Waals surface area contributed by atoms with Crippen molar-refractivity contribution in [3.8, 4) is 0 Å². The Kier molecular flexibility index (Phi) is 6.29. The minimum absolute atomic E-state index is 0.218. The van der Waals surface area contributed by atoms with E-state index in [1.54, 1.807) is 25.1 Å². The monoisotopic (exact) mass is 362 g/mol. The van der Waals surface area contributed by atoms with Crippen LogP contribution in [0.25, 0.3) is 6.08 Å². The highest BCUT2D eigenvalue weighted by Crippen LogP contribution is 2.37. The number of hydrogen-bond donors (Lipinski definition) is 2. The summed E-state index contributed by atoms with van der Waals surface area (Å²) in [6.45, 7) is 9.41. The first-order valence-electron chi connectivity index (χ1n) is 8.73. The van der Waals surface area contributed by atoms with Crippen molar-refractivity contribution in [1.29, 1.82) is 0 Å². The van der Waals surface area contributed by atoms with Crippen LogP contribution in [0.2, 0.25) is 0 Å². The molecule has 0 spiro atoms. The minimum Gasteiger partial charge on any atom is -0.463 e. The maximum absolute atomic E-state index is 11.7. The van der Waals surface area contributed by atoms with Crippen LogP contribution in [-0.2, 0) is 32.1 Å². The summed E-state index contributed by atoms with van der Waals surface area (Å²) in [6, 6.07) is 3.47. The number of hydrogen-bond acceptors (Lipinski definition) is 6. The Morgan fingerprint density at radius 1 is 1.12 bits per heavy atom. The normalized spacial score (nSPS) is 18.5. The van der Waals surface area contributed by atoms with Crippen molar-refractivity contribution >= 4 is 24.6 Å². The molecule has 0 radical (unpaired) electrons. The number of carbonyl (C=O) groups is 1. The van der Waals surface area contributed by atoms with E-state index in [-0.39, 0.29) is 13.2 Å². The summed E-state index contributed by atoms with van der Waals surface area (Å²) in [6.07, 6.45) is 2.94. The number of carbonyl (C=O) groups excluding carboxylic acids is 1. The van der Waals surface area contributed by atoms with Crippen LogP contribution in [0.5, 0.6) is 0 Å². The molecular formula is C19H27BO6. The highest BCUT2D eigenvalue weighted by atomic mass is 16.7. The summed E-state index contributed by atoms with van der Waals surface area (Å²) in [5.41, 5.74) is 1.48. The van der Waals surface area contributed by atoms with Gasteiger partial charge in [0, 0.05) is 6.08 Å². The SMILES string of the molecule is CCOC(=O)C=Cc1cc(CO)c(CO)cc1B1OC(C)(C)C(C)(C)O1. The van der Waals surface area contributed by atoms with Gasteiger partial charge in [0.15, 0.2) is 0 Å². The lowest BCUT2D eigenvalue weighted by Crippen LogP contribution is -2.41. The van der Waals surface area contributed by atoms with Gasteiger partial charge < -0.3 is 24.3 Å². The van der Waals surface area contributed by atoms with Gasteiger partial charge in [-0.05, 0) is 68.9 Å². The van der Waals surface area contributed by atoms with Crippen LogP contribution in [0.15, 0.2) is 18.2 Å². The van der Waals surface area contributed by atoms with E-state index in [9.17, 15) is 15.0 Å². The fraction of sp³-hybridized carbons (Fsp3) is 0.526. The molecule has 0 aliphatic carbocycles. The minimum atomic E-state index is -0.653. The molecule has 1 saturated heterocycles. The third-order valence-electron chi connectivity index (χ3n) is 4.94. The lowest BCUT2D eigenvalue weighted by Gasteiger charge is -2.32. The second kappa shape index (κ2) is 7.92. The molecule has 0 unspecified atom stereocenters. The molecule has 1 aromatic carbocycles. The standard InChI is InChI=1S/C19H27BO6/c1-6-24-17(23)8-7-13-9-14(11-21)15(12-22)10-16(13)20-25-18(2,3)19(4,5)26-20/h7-10,21-22H,6,11-12H2,1-5H3. The van der Waals surface area contributed by atoms with Gasteiger partial charge >= 0.3 is 13.1 Å². The van der Waals surface area contributed by atoms with Crippen LogP contribution in [0.4, 0.5) is 0 Å². The maximum Gasteiger partial charge on any atom is 0.495 e. The number of ether oxygens (including phenoxy) is 1. The second-order valence-corrected chi connectivity index (χ2v) is 7.24. The predicted molar refractivity (Wildman–Crippen MR) is 99.7 cm³/mol. The van der Waals surface area contributed by atoms with Crippen molar-refractivity contribution in [3.05, 3.63) is 34.9 Å². The first-order chi connectivity index (χ1) is 12.1. The van der Waals surface area contributed by atoms with Gasteiger partial charge in [0.25, 0.3) is 0 Å². The van der Waals surface area contributed by atoms with E-state index < -0.39 is 24.3 Å². The molecule has 1 heterocycles. The van der Waals surface area contributed by atoms with Gasteiger partial charge in [-0.1, -0.05) is 6.07 Å². The Morgan fingerprint density at radius 3 is 2.15 bits per heavy atom. The van der Waals surface area contributed by atoms with Crippen molar-refractivity contribution in [1.82, 2.24) is 0 Å². The second-order valence-electron chi connectivity index (χ2n) is 7.24. The number of esters is 1. The van der Waals surface area contributed by atoms with E-state index in [1.165, 1.54) is 6.08 Å². The lowest BCUT2D eigenvalue weighted by molar-refractivity contribution is -0.137. The van der Waals surface area contributed by atoms with Gasteiger partial charge in [0.2, 0.25) is 0 Å². The number of aliphatic hydroxyl groups excluding tert-OH is 2. The average Bonchev–Trinajstić information content (AvgIpc) is 2.80. The fourth-order valence-electron chi connectivity index (χ4n) is 2.69. The van der Waals surface area contributed by atoms with Crippen LogP contribution in [0, 0.1) is 0 Å². The van der Waals surface area contributed by atoms with Crippen molar-refractivity contribution in [2.45, 2.75) is 59.0 Å². The van der Waals surface area contributed by atoms with Crippen molar-refractivity contribution < 1.29 is 29.1 Å². The molecule has 0 amide bonds. The topological polar surface area (TPSA) is 85.2 Å². The zero-order valence-corrected chi connectivity index (χ0v) is 16.0. The van der Waals surface area contributed by atoms with Gasteiger partial charge in [-0.2, -0.15) is 0 Å². The first-order valence-corrected chi connectivity index (χ1v) is 8.73. The third-order valence-corrected chi connectivity index (χ3v) is 4.94. The maximum atomic E-state index is 11.7. The van der Waals surface area contributed by atoms with Crippen molar-refractivity contribution in [3.63, 3.8) is 0 Å². The number of benzene rings is 1. The highest BCUT2D eigenvalue weighted by molar-refractivity contribution is 6.63. The summed E-state index contributed by atoms with van der Waals surface area (Å²) < 4.78 is 17.1. The molecule has 6 nitrogen and oxygen atoms in total. The summed E-state index contributed by atoms with van der Waals surface area (Å²) in [5.74, 6) is -0.454. The van der Waals surface area contributed by atoms with Gasteiger partial charge in [-0.3, -0.25) is 0 Å². The Balaban J connectivity index is 2.48. The molecular weight excluding hydrogens is 335 g/mol. The largest absolute Gasteiger partial charge is 0.495 e. The molecule has 2 rings (SSSR count). The molecule has 1 fully saturated rings. The van der Waals surface area contributed by atoms with Crippen LogP contribution in [0.1, 0.15) is 51.3 Å². The zero-order valence-electron chi connectivity index (χ0n) is 16.0. The number of rotatable bonds is 6.